The molecule has 0 atom stereocenters. The molecule has 2 aromatic carbocycles. The van der Waals surface area contributed by atoms with Crippen molar-refractivity contribution < 1.29 is 4.79 Å². The summed E-state index contributed by atoms with van der Waals surface area (Å²) in [6.45, 7) is 5.32. The molecule has 5 nitrogen and oxygen atoms in total. The van der Waals surface area contributed by atoms with Crippen LogP contribution in [0.4, 0.5) is 5.82 Å². The van der Waals surface area contributed by atoms with E-state index in [1.165, 1.54) is 34.7 Å². The molecule has 0 bridgehead atoms. The van der Waals surface area contributed by atoms with Gasteiger partial charge in [-0.2, -0.15) is 0 Å². The van der Waals surface area contributed by atoms with Gasteiger partial charge in [0.05, 0.1) is 5.69 Å². The molecule has 1 aliphatic carbocycles. The zero-order valence-electron chi connectivity index (χ0n) is 17.3. The monoisotopic (exact) mass is 388 g/mol. The van der Waals surface area contributed by atoms with E-state index in [9.17, 15) is 0 Å². The SMILES string of the molecule is CC=O.CNCCNc1nc(Cc2ccccc2)nc2c1-c1ccc(C)cc1C2. The number of aromatic nitrogens is 2. The van der Waals surface area contributed by atoms with Crippen molar-refractivity contribution in [3.8, 4) is 11.1 Å². The van der Waals surface area contributed by atoms with Crippen molar-refractivity contribution in [2.75, 3.05) is 25.5 Å². The van der Waals surface area contributed by atoms with Gasteiger partial charge in [-0.1, -0.05) is 54.1 Å². The Morgan fingerprint density at radius 3 is 2.55 bits per heavy atom. The number of rotatable bonds is 6. The Bertz CT molecular complexity index is 970. The molecule has 150 valence electrons. The first-order valence-corrected chi connectivity index (χ1v) is 9.98. The zero-order chi connectivity index (χ0) is 20.6. The third kappa shape index (κ3) is 5.06. The van der Waals surface area contributed by atoms with Crippen molar-refractivity contribution in [1.82, 2.24) is 15.3 Å². The number of nitrogens with zero attached hydrogens (tertiary/aromatic N) is 2. The normalized spacial score (nSPS) is 11.1. The minimum absolute atomic E-state index is 0.750. The van der Waals surface area contributed by atoms with E-state index in [1.54, 1.807) is 0 Å². The maximum atomic E-state index is 8.81. The predicted octanol–water partition coefficient (Wildman–Crippen LogP) is 3.78. The number of likely N-dealkylation sites (N-methyl/N-ethyl adjacent to an activating group) is 1. The third-order valence-corrected chi connectivity index (χ3v) is 4.79. The van der Waals surface area contributed by atoms with Crippen molar-refractivity contribution >= 4 is 12.1 Å². The van der Waals surface area contributed by atoms with E-state index in [1.807, 2.05) is 13.1 Å². The van der Waals surface area contributed by atoms with Crippen LogP contribution < -0.4 is 10.6 Å². The number of hydrogen-bond donors (Lipinski definition) is 2. The van der Waals surface area contributed by atoms with Crippen molar-refractivity contribution in [2.45, 2.75) is 26.7 Å². The van der Waals surface area contributed by atoms with Crippen molar-refractivity contribution in [2.24, 2.45) is 0 Å². The summed E-state index contributed by atoms with van der Waals surface area (Å²) in [7, 11) is 1.96. The molecule has 0 spiro atoms. The number of benzene rings is 2. The largest absolute Gasteiger partial charge is 0.368 e. The second-order valence-electron chi connectivity index (χ2n) is 7.08. The van der Waals surface area contributed by atoms with Gasteiger partial charge in [-0.05, 0) is 37.6 Å². The van der Waals surface area contributed by atoms with Gasteiger partial charge in [0.1, 0.15) is 17.9 Å². The summed E-state index contributed by atoms with van der Waals surface area (Å²) < 4.78 is 0. The van der Waals surface area contributed by atoms with Crippen LogP contribution in [0, 0.1) is 6.92 Å². The standard InChI is InChI=1S/C22H24N4.C2H4O/c1-15-8-9-18-17(12-15)14-19-21(18)22(24-11-10-23-2)26-20(25-19)13-16-6-4-3-5-7-16;1-2-3/h3-9,12,23H,10-11,13-14H2,1-2H3,(H,24,25,26);2H,1H3. The van der Waals surface area contributed by atoms with Crippen LogP contribution in [0.1, 0.15) is 35.1 Å². The molecule has 1 heterocycles. The molecule has 0 aliphatic heterocycles. The summed E-state index contributed by atoms with van der Waals surface area (Å²) in [5.41, 5.74) is 7.46. The fourth-order valence-corrected chi connectivity index (χ4v) is 3.55. The number of anilines is 1. The van der Waals surface area contributed by atoms with Gasteiger partial charge in [0.2, 0.25) is 0 Å². The first-order chi connectivity index (χ1) is 14.2. The average molecular weight is 389 g/mol. The lowest BCUT2D eigenvalue weighted by Gasteiger charge is -2.13. The fourth-order valence-electron chi connectivity index (χ4n) is 3.55. The summed E-state index contributed by atoms with van der Waals surface area (Å²) in [5, 5.41) is 6.69. The third-order valence-electron chi connectivity index (χ3n) is 4.79. The second-order valence-corrected chi connectivity index (χ2v) is 7.08. The maximum absolute atomic E-state index is 8.81. The van der Waals surface area contributed by atoms with E-state index in [2.05, 4.69) is 60.0 Å². The summed E-state index contributed by atoms with van der Waals surface area (Å²) in [6, 6.07) is 17.1. The summed E-state index contributed by atoms with van der Waals surface area (Å²) in [6.07, 6.45) is 2.39. The van der Waals surface area contributed by atoms with Gasteiger partial charge in [-0.25, -0.2) is 9.97 Å². The molecule has 3 aromatic rings. The Kier molecular flexibility index (Phi) is 7.09. The van der Waals surface area contributed by atoms with E-state index in [0.29, 0.717) is 0 Å². The first-order valence-electron chi connectivity index (χ1n) is 9.98. The van der Waals surface area contributed by atoms with Crippen LogP contribution in [0.3, 0.4) is 0 Å². The molecule has 0 radical (unpaired) electrons. The molecule has 0 amide bonds. The lowest BCUT2D eigenvalue weighted by Crippen LogP contribution is -2.19. The summed E-state index contributed by atoms with van der Waals surface area (Å²) >= 11 is 0. The van der Waals surface area contributed by atoms with E-state index in [4.69, 9.17) is 14.8 Å². The van der Waals surface area contributed by atoms with Crippen LogP contribution in [-0.2, 0) is 17.6 Å². The molecule has 5 heteroatoms. The highest BCUT2D eigenvalue weighted by Crippen LogP contribution is 2.40. The van der Waals surface area contributed by atoms with Gasteiger partial charge in [0.25, 0.3) is 0 Å². The fraction of sp³-hybridized carbons (Fsp3) is 0.292. The Labute approximate surface area is 172 Å². The quantitative estimate of drug-likeness (QED) is 0.389. The Hall–Kier alpha value is -3.05. The van der Waals surface area contributed by atoms with Gasteiger partial charge in [-0.15, -0.1) is 0 Å². The van der Waals surface area contributed by atoms with Gasteiger partial charge < -0.3 is 15.4 Å². The summed E-state index contributed by atoms with van der Waals surface area (Å²) in [5.74, 6) is 1.84. The Balaban J connectivity index is 0.000000755. The second kappa shape index (κ2) is 9.94. The molecule has 29 heavy (non-hydrogen) atoms. The number of nitrogens with one attached hydrogen (secondary N) is 2. The molecule has 1 aliphatic rings. The minimum Gasteiger partial charge on any atom is -0.368 e. The molecule has 0 unspecified atom stereocenters. The average Bonchev–Trinajstić information content (AvgIpc) is 3.07. The molecule has 2 N–H and O–H groups in total. The molecule has 0 saturated carbocycles. The van der Waals surface area contributed by atoms with Crippen LogP contribution in [-0.4, -0.2) is 36.4 Å². The Morgan fingerprint density at radius 1 is 1.07 bits per heavy atom. The number of aldehydes is 1. The molecule has 1 aromatic heterocycles. The van der Waals surface area contributed by atoms with Crippen LogP contribution >= 0.6 is 0 Å². The lowest BCUT2D eigenvalue weighted by atomic mass is 10.0. The highest BCUT2D eigenvalue weighted by Gasteiger charge is 2.25. The van der Waals surface area contributed by atoms with Crippen LogP contribution in [0.2, 0.25) is 0 Å². The highest BCUT2D eigenvalue weighted by atomic mass is 16.1. The van der Waals surface area contributed by atoms with E-state index in [-0.39, 0.29) is 0 Å². The molecular weight excluding hydrogens is 360 g/mol. The zero-order valence-corrected chi connectivity index (χ0v) is 17.3. The van der Waals surface area contributed by atoms with Gasteiger partial charge in [0.15, 0.2) is 0 Å². The molecule has 0 fully saturated rings. The number of fused-ring (bicyclic) bond motifs is 3. The summed E-state index contributed by atoms with van der Waals surface area (Å²) in [4.78, 5) is 18.6. The Morgan fingerprint density at radius 2 is 1.83 bits per heavy atom. The lowest BCUT2D eigenvalue weighted by molar-refractivity contribution is -0.106. The predicted molar refractivity (Wildman–Crippen MR) is 118 cm³/mol. The van der Waals surface area contributed by atoms with Gasteiger partial charge in [0, 0.05) is 31.5 Å². The minimum atomic E-state index is 0.750. The van der Waals surface area contributed by atoms with E-state index < -0.39 is 0 Å². The van der Waals surface area contributed by atoms with Crippen LogP contribution in [0.25, 0.3) is 11.1 Å². The van der Waals surface area contributed by atoms with Crippen molar-refractivity contribution in [3.63, 3.8) is 0 Å². The van der Waals surface area contributed by atoms with Crippen molar-refractivity contribution in [3.05, 3.63) is 76.7 Å². The number of carbonyl (C=O) groups excluding carboxylic acids is 1. The maximum Gasteiger partial charge on any atom is 0.137 e. The smallest absolute Gasteiger partial charge is 0.137 e. The van der Waals surface area contributed by atoms with Crippen molar-refractivity contribution in [1.29, 1.82) is 0 Å². The topological polar surface area (TPSA) is 66.9 Å². The molecular formula is C24H28N4O. The van der Waals surface area contributed by atoms with Gasteiger partial charge >= 0.3 is 0 Å². The van der Waals surface area contributed by atoms with E-state index >= 15 is 0 Å². The highest BCUT2D eigenvalue weighted by molar-refractivity contribution is 5.84. The van der Waals surface area contributed by atoms with E-state index in [0.717, 1.165) is 49.6 Å². The molecule has 0 saturated heterocycles. The van der Waals surface area contributed by atoms with Crippen LogP contribution in [0.5, 0.6) is 0 Å². The van der Waals surface area contributed by atoms with Crippen LogP contribution in [0.15, 0.2) is 48.5 Å². The van der Waals surface area contributed by atoms with Gasteiger partial charge in [-0.3, -0.25) is 0 Å². The molecule has 4 rings (SSSR count). The first kappa shape index (κ1) is 20.7. The number of hydrogen-bond acceptors (Lipinski definition) is 5. The number of aryl methyl sites for hydroxylation is 1. The number of carbonyl (C=O) groups is 1.